The third kappa shape index (κ3) is 2.99. The van der Waals surface area contributed by atoms with E-state index >= 15 is 0 Å². The minimum absolute atomic E-state index is 0.0381. The molecule has 108 valence electrons. The molecule has 3 N–H and O–H groups in total. The molecule has 0 aliphatic heterocycles. The Morgan fingerprint density at radius 1 is 1.16 bits per heavy atom. The van der Waals surface area contributed by atoms with Crippen molar-refractivity contribution in [2.24, 2.45) is 5.84 Å². The quantitative estimate of drug-likeness (QED) is 0.612. The third-order valence-electron chi connectivity index (χ3n) is 4.68. The molecule has 1 aromatic carbocycles. The zero-order valence-corrected chi connectivity index (χ0v) is 13.2. The average molecular weight is 263 g/mol. The highest BCUT2D eigenvalue weighted by atomic mass is 15.3. The maximum Gasteiger partial charge on any atom is 0.0643 e. The number of hydrazine groups is 1. The summed E-state index contributed by atoms with van der Waals surface area (Å²) in [5.74, 6) is 5.89. The highest BCUT2D eigenvalue weighted by Crippen LogP contribution is 2.35. The Kier molecular flexibility index (Phi) is 5.53. The van der Waals surface area contributed by atoms with E-state index in [0.717, 1.165) is 12.8 Å². The Labute approximate surface area is 118 Å². The van der Waals surface area contributed by atoms with E-state index in [1.807, 2.05) is 0 Å². The topological polar surface area (TPSA) is 41.3 Å². The molecule has 0 aliphatic rings. The lowest BCUT2D eigenvalue weighted by atomic mass is 9.79. The molecule has 19 heavy (non-hydrogen) atoms. The molecule has 1 atom stereocenters. The first kappa shape index (κ1) is 16.2. The molecule has 0 saturated heterocycles. The smallest absolute Gasteiger partial charge is 0.0643 e. The van der Waals surface area contributed by atoms with Crippen LogP contribution in [0.4, 0.5) is 0 Å². The maximum atomic E-state index is 5.89. The molecular weight excluding hydrogens is 234 g/mol. The molecule has 0 heterocycles. The van der Waals surface area contributed by atoms with E-state index in [1.54, 1.807) is 0 Å². The van der Waals surface area contributed by atoms with Gasteiger partial charge in [0, 0.05) is 5.54 Å². The Hall–Kier alpha value is -0.900. The second kappa shape index (κ2) is 6.51. The predicted molar refractivity (Wildman–Crippen MR) is 83.0 cm³/mol. The predicted octanol–water partition coefficient (Wildman–Crippen LogP) is 2.93. The lowest BCUT2D eigenvalue weighted by molar-refractivity contribution is 0.0882. The molecule has 1 rings (SSSR count). The van der Waals surface area contributed by atoms with Crippen LogP contribution in [0.5, 0.6) is 0 Å². The van der Waals surface area contributed by atoms with Crippen LogP contribution in [0.2, 0.25) is 0 Å². The van der Waals surface area contributed by atoms with Crippen LogP contribution in [0.1, 0.15) is 49.4 Å². The van der Waals surface area contributed by atoms with Crippen LogP contribution in [0.15, 0.2) is 18.2 Å². The van der Waals surface area contributed by atoms with Crippen molar-refractivity contribution in [1.29, 1.82) is 0 Å². The van der Waals surface area contributed by atoms with Crippen LogP contribution in [0, 0.1) is 13.8 Å². The Morgan fingerprint density at radius 2 is 1.74 bits per heavy atom. The van der Waals surface area contributed by atoms with Gasteiger partial charge < -0.3 is 4.90 Å². The lowest BCUT2D eigenvalue weighted by Crippen LogP contribution is -2.54. The van der Waals surface area contributed by atoms with Crippen molar-refractivity contribution in [3.63, 3.8) is 0 Å². The summed E-state index contributed by atoms with van der Waals surface area (Å²) in [7, 11) is 4.27. The normalized spacial score (nSPS) is 13.9. The number of benzene rings is 1. The summed E-state index contributed by atoms with van der Waals surface area (Å²) in [6, 6.07) is 6.76. The summed E-state index contributed by atoms with van der Waals surface area (Å²) in [5.41, 5.74) is 6.99. The first-order valence-electron chi connectivity index (χ1n) is 7.13. The van der Waals surface area contributed by atoms with Crippen LogP contribution < -0.4 is 11.3 Å². The zero-order valence-electron chi connectivity index (χ0n) is 13.2. The number of rotatable bonds is 6. The number of hydrogen-bond acceptors (Lipinski definition) is 3. The summed E-state index contributed by atoms with van der Waals surface area (Å²) in [5, 5.41) is 0. The molecule has 0 aromatic heterocycles. The van der Waals surface area contributed by atoms with Gasteiger partial charge in [-0.15, -0.1) is 0 Å². The van der Waals surface area contributed by atoms with Crippen molar-refractivity contribution in [3.8, 4) is 0 Å². The second-order valence-corrected chi connectivity index (χ2v) is 5.65. The SMILES string of the molecule is CCC(CC)(C(NN)c1ccc(C)c(C)c1)N(C)C. The Morgan fingerprint density at radius 3 is 2.11 bits per heavy atom. The number of aryl methyl sites for hydroxylation is 2. The van der Waals surface area contributed by atoms with Gasteiger partial charge in [0.1, 0.15) is 0 Å². The molecular formula is C16H29N3. The van der Waals surface area contributed by atoms with Crippen molar-refractivity contribution in [2.45, 2.75) is 52.1 Å². The average Bonchev–Trinajstić information content (AvgIpc) is 2.39. The first-order valence-corrected chi connectivity index (χ1v) is 7.13. The summed E-state index contributed by atoms with van der Waals surface area (Å²) < 4.78 is 0. The fraction of sp³-hybridized carbons (Fsp3) is 0.625. The van der Waals surface area contributed by atoms with Gasteiger partial charge in [0.25, 0.3) is 0 Å². The number of likely N-dealkylation sites (N-methyl/N-ethyl adjacent to an activating group) is 1. The molecule has 0 aliphatic carbocycles. The van der Waals surface area contributed by atoms with Gasteiger partial charge in [0.05, 0.1) is 6.04 Å². The van der Waals surface area contributed by atoms with Gasteiger partial charge in [0.15, 0.2) is 0 Å². The molecule has 3 nitrogen and oxygen atoms in total. The molecule has 0 fully saturated rings. The largest absolute Gasteiger partial charge is 0.302 e. The molecule has 3 heteroatoms. The number of nitrogens with one attached hydrogen (secondary N) is 1. The van der Waals surface area contributed by atoms with Crippen molar-refractivity contribution in [3.05, 3.63) is 34.9 Å². The van der Waals surface area contributed by atoms with Crippen LogP contribution in [0.25, 0.3) is 0 Å². The van der Waals surface area contributed by atoms with Crippen LogP contribution in [-0.2, 0) is 0 Å². The lowest BCUT2D eigenvalue weighted by Gasteiger charge is -2.45. The van der Waals surface area contributed by atoms with E-state index in [0.29, 0.717) is 0 Å². The number of hydrogen-bond donors (Lipinski definition) is 2. The minimum Gasteiger partial charge on any atom is -0.302 e. The van der Waals surface area contributed by atoms with E-state index in [9.17, 15) is 0 Å². The van der Waals surface area contributed by atoms with E-state index in [4.69, 9.17) is 5.84 Å². The highest BCUT2D eigenvalue weighted by molar-refractivity contribution is 5.33. The monoisotopic (exact) mass is 263 g/mol. The second-order valence-electron chi connectivity index (χ2n) is 5.65. The van der Waals surface area contributed by atoms with E-state index in [2.05, 4.69) is 70.3 Å². The summed E-state index contributed by atoms with van der Waals surface area (Å²) in [6.07, 6.45) is 2.11. The van der Waals surface area contributed by atoms with E-state index in [1.165, 1.54) is 16.7 Å². The molecule has 0 bridgehead atoms. The minimum atomic E-state index is 0.0381. The Balaban J connectivity index is 3.27. The first-order chi connectivity index (χ1) is 8.92. The van der Waals surface area contributed by atoms with Gasteiger partial charge >= 0.3 is 0 Å². The van der Waals surface area contributed by atoms with Crippen LogP contribution in [-0.4, -0.2) is 24.5 Å². The molecule has 1 unspecified atom stereocenters. The van der Waals surface area contributed by atoms with Crippen LogP contribution in [0.3, 0.4) is 0 Å². The maximum absolute atomic E-state index is 5.89. The summed E-state index contributed by atoms with van der Waals surface area (Å²) >= 11 is 0. The fourth-order valence-corrected chi connectivity index (χ4v) is 3.05. The molecule has 0 spiro atoms. The Bertz CT molecular complexity index is 408. The molecule has 0 saturated carbocycles. The highest BCUT2D eigenvalue weighted by Gasteiger charge is 2.38. The van der Waals surface area contributed by atoms with Gasteiger partial charge in [-0.05, 0) is 57.5 Å². The van der Waals surface area contributed by atoms with Gasteiger partial charge in [-0.2, -0.15) is 0 Å². The van der Waals surface area contributed by atoms with Gasteiger partial charge in [0.2, 0.25) is 0 Å². The van der Waals surface area contributed by atoms with E-state index < -0.39 is 0 Å². The summed E-state index contributed by atoms with van der Waals surface area (Å²) in [6.45, 7) is 8.76. The number of nitrogens with zero attached hydrogens (tertiary/aromatic N) is 1. The van der Waals surface area contributed by atoms with Gasteiger partial charge in [-0.1, -0.05) is 32.0 Å². The summed E-state index contributed by atoms with van der Waals surface area (Å²) in [4.78, 5) is 2.30. The zero-order chi connectivity index (χ0) is 14.6. The molecule has 0 radical (unpaired) electrons. The van der Waals surface area contributed by atoms with Crippen molar-refractivity contribution in [2.75, 3.05) is 14.1 Å². The van der Waals surface area contributed by atoms with Gasteiger partial charge in [-0.25, -0.2) is 0 Å². The fourth-order valence-electron chi connectivity index (χ4n) is 3.05. The van der Waals surface area contributed by atoms with Crippen molar-refractivity contribution in [1.82, 2.24) is 10.3 Å². The van der Waals surface area contributed by atoms with Crippen molar-refractivity contribution >= 4 is 0 Å². The standard InChI is InChI=1S/C16H29N3/c1-7-16(8-2,19(5)6)15(18-17)14-10-9-12(3)13(4)11-14/h9-11,15,18H,7-8,17H2,1-6H3. The molecule has 0 amide bonds. The van der Waals surface area contributed by atoms with Crippen molar-refractivity contribution < 1.29 is 0 Å². The van der Waals surface area contributed by atoms with Gasteiger partial charge in [-0.3, -0.25) is 11.3 Å². The molecule has 1 aromatic rings. The third-order valence-corrected chi connectivity index (χ3v) is 4.68. The van der Waals surface area contributed by atoms with E-state index in [-0.39, 0.29) is 11.6 Å². The van der Waals surface area contributed by atoms with Crippen LogP contribution >= 0.6 is 0 Å². The number of nitrogens with two attached hydrogens (primary N) is 1.